The highest BCUT2D eigenvalue weighted by Gasteiger charge is 2.25. The lowest BCUT2D eigenvalue weighted by molar-refractivity contribution is 0.450. The molecule has 0 aromatic carbocycles. The van der Waals surface area contributed by atoms with Gasteiger partial charge in [0.25, 0.3) is 0 Å². The highest BCUT2D eigenvalue weighted by atomic mass is 127. The number of nitrogens with one attached hydrogen (secondary N) is 1. The van der Waals surface area contributed by atoms with Crippen LogP contribution < -0.4 is 5.32 Å². The maximum atomic E-state index is 4.90. The van der Waals surface area contributed by atoms with Crippen LogP contribution in [0.15, 0.2) is 17.4 Å². The van der Waals surface area contributed by atoms with Crippen LogP contribution in [0.1, 0.15) is 45.6 Å². The number of halogens is 1. The van der Waals surface area contributed by atoms with Crippen LogP contribution in [0.2, 0.25) is 0 Å². The lowest BCUT2D eigenvalue weighted by atomic mass is 10.0. The lowest BCUT2D eigenvalue weighted by Crippen LogP contribution is -2.40. The fourth-order valence-electron chi connectivity index (χ4n) is 3.29. The number of hydrogen-bond acceptors (Lipinski definition) is 2. The number of hydrogen-bond donors (Lipinski definition) is 1. The first-order valence-electron chi connectivity index (χ1n) is 9.16. The molecular formula is C18H34IN5. The summed E-state index contributed by atoms with van der Waals surface area (Å²) in [7, 11) is 1.98. The van der Waals surface area contributed by atoms with Crippen molar-refractivity contribution >= 4 is 29.9 Å². The van der Waals surface area contributed by atoms with E-state index < -0.39 is 0 Å². The summed E-state index contributed by atoms with van der Waals surface area (Å²) in [6.45, 7) is 10.8. The summed E-state index contributed by atoms with van der Waals surface area (Å²) in [4.78, 5) is 7.34. The van der Waals surface area contributed by atoms with Gasteiger partial charge in [-0.05, 0) is 37.2 Å². The lowest BCUT2D eigenvalue weighted by Gasteiger charge is -2.22. The predicted octanol–water partition coefficient (Wildman–Crippen LogP) is 3.30. The molecule has 1 aromatic heterocycles. The zero-order valence-electron chi connectivity index (χ0n) is 15.7. The first kappa shape index (κ1) is 21.3. The van der Waals surface area contributed by atoms with Crippen molar-refractivity contribution in [2.45, 2.75) is 46.5 Å². The fourth-order valence-corrected chi connectivity index (χ4v) is 3.29. The molecule has 6 heteroatoms. The minimum Gasteiger partial charge on any atom is -0.357 e. The molecule has 2 heterocycles. The Morgan fingerprint density at radius 3 is 2.71 bits per heavy atom. The molecule has 2 rings (SSSR count). The van der Waals surface area contributed by atoms with E-state index in [-0.39, 0.29) is 24.0 Å². The molecule has 1 aromatic rings. The first-order valence-corrected chi connectivity index (χ1v) is 9.16. The zero-order valence-corrected chi connectivity index (χ0v) is 18.0. The maximum Gasteiger partial charge on any atom is 0.193 e. The van der Waals surface area contributed by atoms with Crippen molar-refractivity contribution in [1.82, 2.24) is 20.0 Å². The van der Waals surface area contributed by atoms with E-state index in [1.807, 2.05) is 17.9 Å². The van der Waals surface area contributed by atoms with Crippen molar-refractivity contribution in [3.63, 3.8) is 0 Å². The van der Waals surface area contributed by atoms with Gasteiger partial charge in [-0.15, -0.1) is 24.0 Å². The summed E-state index contributed by atoms with van der Waals surface area (Å²) in [5.74, 6) is 2.52. The van der Waals surface area contributed by atoms with Crippen molar-refractivity contribution in [1.29, 1.82) is 0 Å². The molecule has 5 nitrogen and oxygen atoms in total. The van der Waals surface area contributed by atoms with E-state index in [2.05, 4.69) is 42.3 Å². The first-order chi connectivity index (χ1) is 11.2. The summed E-state index contributed by atoms with van der Waals surface area (Å²) in [5, 5.41) is 7.75. The summed E-state index contributed by atoms with van der Waals surface area (Å²) in [6, 6.07) is 0. The van der Waals surface area contributed by atoms with Crippen LogP contribution in [0.3, 0.4) is 0 Å². The van der Waals surface area contributed by atoms with Gasteiger partial charge >= 0.3 is 0 Å². The SMILES string of the molecule is CCNC(=NCC(CC)CC)N1CCC(Cc2cnn(C)c2)C1.I. The second-order valence-electron chi connectivity index (χ2n) is 6.70. The van der Waals surface area contributed by atoms with Gasteiger partial charge in [-0.1, -0.05) is 26.7 Å². The van der Waals surface area contributed by atoms with Crippen molar-refractivity contribution in [2.75, 3.05) is 26.2 Å². The largest absolute Gasteiger partial charge is 0.357 e. The number of aromatic nitrogens is 2. The Kier molecular flexibility index (Phi) is 9.69. The monoisotopic (exact) mass is 447 g/mol. The number of aliphatic imine (C=N–C) groups is 1. The van der Waals surface area contributed by atoms with Crippen LogP contribution in [-0.2, 0) is 13.5 Å². The minimum absolute atomic E-state index is 0. The van der Waals surface area contributed by atoms with Crippen LogP contribution in [0.5, 0.6) is 0 Å². The highest BCUT2D eigenvalue weighted by Crippen LogP contribution is 2.21. The normalized spacial score (nSPS) is 18.1. The summed E-state index contributed by atoms with van der Waals surface area (Å²) in [6.07, 6.45) is 8.91. The Hall–Kier alpha value is -0.790. The van der Waals surface area contributed by atoms with E-state index in [1.165, 1.54) is 24.8 Å². The number of guanidine groups is 1. The molecule has 0 bridgehead atoms. The van der Waals surface area contributed by atoms with Gasteiger partial charge < -0.3 is 10.2 Å². The van der Waals surface area contributed by atoms with Gasteiger partial charge in [0.1, 0.15) is 0 Å². The smallest absolute Gasteiger partial charge is 0.193 e. The highest BCUT2D eigenvalue weighted by molar-refractivity contribution is 14.0. The van der Waals surface area contributed by atoms with Crippen LogP contribution >= 0.6 is 24.0 Å². The van der Waals surface area contributed by atoms with Gasteiger partial charge in [-0.25, -0.2) is 0 Å². The quantitative estimate of drug-likeness (QED) is 0.397. The van der Waals surface area contributed by atoms with Gasteiger partial charge in [0, 0.05) is 39.4 Å². The molecule has 1 aliphatic rings. The van der Waals surface area contributed by atoms with E-state index in [0.29, 0.717) is 11.8 Å². The number of rotatable bonds is 7. The average molecular weight is 447 g/mol. The molecule has 0 spiro atoms. The van der Waals surface area contributed by atoms with Gasteiger partial charge in [0.15, 0.2) is 5.96 Å². The molecular weight excluding hydrogens is 413 g/mol. The van der Waals surface area contributed by atoms with E-state index >= 15 is 0 Å². The van der Waals surface area contributed by atoms with Gasteiger partial charge in [-0.2, -0.15) is 5.10 Å². The second-order valence-corrected chi connectivity index (χ2v) is 6.70. The van der Waals surface area contributed by atoms with E-state index in [9.17, 15) is 0 Å². The molecule has 138 valence electrons. The topological polar surface area (TPSA) is 45.5 Å². The number of likely N-dealkylation sites (tertiary alicyclic amines) is 1. The van der Waals surface area contributed by atoms with Gasteiger partial charge in [0.2, 0.25) is 0 Å². The van der Waals surface area contributed by atoms with Crippen molar-refractivity contribution < 1.29 is 0 Å². The predicted molar refractivity (Wildman–Crippen MR) is 112 cm³/mol. The third kappa shape index (κ3) is 6.26. The Morgan fingerprint density at radius 1 is 1.38 bits per heavy atom. The molecule has 0 radical (unpaired) electrons. The van der Waals surface area contributed by atoms with E-state index in [0.717, 1.165) is 38.6 Å². The number of aryl methyl sites for hydroxylation is 1. The standard InChI is InChI=1S/C18H33N5.HI/c1-5-15(6-2)11-20-18(19-7-3)23-9-8-16(14-23)10-17-12-21-22(4)13-17;/h12-13,15-16H,5-11,14H2,1-4H3,(H,19,20);1H. The van der Waals surface area contributed by atoms with E-state index in [4.69, 9.17) is 4.99 Å². The molecule has 1 N–H and O–H groups in total. The zero-order chi connectivity index (χ0) is 16.7. The summed E-state index contributed by atoms with van der Waals surface area (Å²) in [5.41, 5.74) is 1.35. The van der Waals surface area contributed by atoms with E-state index in [1.54, 1.807) is 0 Å². The molecule has 1 unspecified atom stereocenters. The Morgan fingerprint density at radius 2 is 2.12 bits per heavy atom. The van der Waals surface area contributed by atoms with Crippen molar-refractivity contribution in [3.8, 4) is 0 Å². The fraction of sp³-hybridized carbons (Fsp3) is 0.778. The molecule has 24 heavy (non-hydrogen) atoms. The Labute approximate surface area is 164 Å². The number of nitrogens with zero attached hydrogens (tertiary/aromatic N) is 4. The third-order valence-corrected chi connectivity index (χ3v) is 4.86. The van der Waals surface area contributed by atoms with Crippen LogP contribution in [0, 0.1) is 11.8 Å². The molecule has 1 atom stereocenters. The van der Waals surface area contributed by atoms with Crippen LogP contribution in [-0.4, -0.2) is 46.8 Å². The van der Waals surface area contributed by atoms with Gasteiger partial charge in [-0.3, -0.25) is 9.67 Å². The molecule has 0 amide bonds. The minimum atomic E-state index is 0. The van der Waals surface area contributed by atoms with Crippen molar-refractivity contribution in [3.05, 3.63) is 18.0 Å². The molecule has 1 aliphatic heterocycles. The Balaban J connectivity index is 0.00000288. The van der Waals surface area contributed by atoms with Crippen LogP contribution in [0.4, 0.5) is 0 Å². The molecule has 0 saturated carbocycles. The molecule has 0 aliphatic carbocycles. The second kappa shape index (κ2) is 10.9. The molecule has 1 saturated heterocycles. The maximum absolute atomic E-state index is 4.90. The summed E-state index contributed by atoms with van der Waals surface area (Å²) < 4.78 is 1.89. The van der Waals surface area contributed by atoms with Crippen molar-refractivity contribution in [2.24, 2.45) is 23.9 Å². The Bertz CT molecular complexity index is 495. The average Bonchev–Trinajstić information content (AvgIpc) is 3.17. The van der Waals surface area contributed by atoms with Crippen LogP contribution in [0.25, 0.3) is 0 Å². The molecule has 1 fully saturated rings. The summed E-state index contributed by atoms with van der Waals surface area (Å²) >= 11 is 0. The third-order valence-electron chi connectivity index (χ3n) is 4.86. The van der Waals surface area contributed by atoms with Gasteiger partial charge in [0.05, 0.1) is 6.20 Å².